The molecule has 0 aliphatic heterocycles. The Bertz CT molecular complexity index is 289. The SMILES string of the molecule is N#Cc1ccc(COCCBr)cc1. The summed E-state index contributed by atoms with van der Waals surface area (Å²) in [6.07, 6.45) is 0. The van der Waals surface area contributed by atoms with Crippen molar-refractivity contribution in [1.82, 2.24) is 0 Å². The number of benzene rings is 1. The van der Waals surface area contributed by atoms with Gasteiger partial charge in [0.1, 0.15) is 0 Å². The van der Waals surface area contributed by atoms with Crippen molar-refractivity contribution in [2.45, 2.75) is 6.61 Å². The van der Waals surface area contributed by atoms with E-state index < -0.39 is 0 Å². The normalized spacial score (nSPS) is 9.54. The van der Waals surface area contributed by atoms with E-state index in [0.717, 1.165) is 10.9 Å². The molecule has 0 radical (unpaired) electrons. The summed E-state index contributed by atoms with van der Waals surface area (Å²) >= 11 is 3.28. The molecule has 0 unspecified atom stereocenters. The van der Waals surface area contributed by atoms with Crippen LogP contribution in [-0.2, 0) is 11.3 Å². The molecular formula is C10H10BrNO. The molecule has 0 atom stereocenters. The first-order chi connectivity index (χ1) is 6.36. The highest BCUT2D eigenvalue weighted by atomic mass is 79.9. The Morgan fingerprint density at radius 2 is 2.00 bits per heavy atom. The summed E-state index contributed by atoms with van der Waals surface area (Å²) in [5.74, 6) is 0. The number of nitriles is 1. The highest BCUT2D eigenvalue weighted by molar-refractivity contribution is 9.09. The van der Waals surface area contributed by atoms with Crippen LogP contribution in [0.5, 0.6) is 0 Å². The third kappa shape index (κ3) is 3.58. The van der Waals surface area contributed by atoms with E-state index in [1.54, 1.807) is 12.1 Å². The molecule has 0 saturated carbocycles. The quantitative estimate of drug-likeness (QED) is 0.598. The number of alkyl halides is 1. The Morgan fingerprint density at radius 1 is 1.31 bits per heavy atom. The lowest BCUT2D eigenvalue weighted by atomic mass is 10.2. The lowest BCUT2D eigenvalue weighted by Gasteiger charge is -2.01. The van der Waals surface area contributed by atoms with E-state index >= 15 is 0 Å². The first-order valence-corrected chi connectivity index (χ1v) is 5.11. The van der Waals surface area contributed by atoms with Gasteiger partial charge >= 0.3 is 0 Å². The van der Waals surface area contributed by atoms with Crippen LogP contribution in [-0.4, -0.2) is 11.9 Å². The average molecular weight is 240 g/mol. The summed E-state index contributed by atoms with van der Waals surface area (Å²) in [6, 6.07) is 9.49. The molecule has 13 heavy (non-hydrogen) atoms. The van der Waals surface area contributed by atoms with Gasteiger partial charge in [-0.2, -0.15) is 5.26 Å². The fourth-order valence-electron chi connectivity index (χ4n) is 0.920. The maximum Gasteiger partial charge on any atom is 0.0991 e. The minimum Gasteiger partial charge on any atom is -0.376 e. The predicted octanol–water partition coefficient (Wildman–Crippen LogP) is 2.47. The van der Waals surface area contributed by atoms with Gasteiger partial charge in [0.2, 0.25) is 0 Å². The molecule has 2 nitrogen and oxygen atoms in total. The minimum absolute atomic E-state index is 0.608. The van der Waals surface area contributed by atoms with Crippen molar-refractivity contribution in [3.63, 3.8) is 0 Å². The largest absolute Gasteiger partial charge is 0.376 e. The number of halogens is 1. The van der Waals surface area contributed by atoms with Crippen LogP contribution in [0.2, 0.25) is 0 Å². The number of ether oxygens (including phenoxy) is 1. The lowest BCUT2D eigenvalue weighted by molar-refractivity contribution is 0.137. The number of nitrogens with zero attached hydrogens (tertiary/aromatic N) is 1. The van der Waals surface area contributed by atoms with Crippen LogP contribution in [0.4, 0.5) is 0 Å². The predicted molar refractivity (Wildman–Crippen MR) is 54.6 cm³/mol. The van der Waals surface area contributed by atoms with Crippen molar-refractivity contribution in [3.05, 3.63) is 35.4 Å². The second-order valence-electron chi connectivity index (χ2n) is 2.55. The van der Waals surface area contributed by atoms with Crippen molar-refractivity contribution < 1.29 is 4.74 Å². The molecule has 0 bridgehead atoms. The highest BCUT2D eigenvalue weighted by Crippen LogP contribution is 2.04. The van der Waals surface area contributed by atoms with Gasteiger partial charge in [-0.1, -0.05) is 28.1 Å². The zero-order valence-electron chi connectivity index (χ0n) is 7.16. The summed E-state index contributed by atoms with van der Waals surface area (Å²) in [5, 5.41) is 9.41. The molecule has 0 saturated heterocycles. The summed E-state index contributed by atoms with van der Waals surface area (Å²) in [5.41, 5.74) is 1.78. The van der Waals surface area contributed by atoms with Crippen LogP contribution >= 0.6 is 15.9 Å². The number of hydrogen-bond donors (Lipinski definition) is 0. The van der Waals surface area contributed by atoms with Crippen LogP contribution in [0.1, 0.15) is 11.1 Å². The third-order valence-corrected chi connectivity index (χ3v) is 1.90. The molecule has 0 fully saturated rings. The van der Waals surface area contributed by atoms with E-state index in [1.807, 2.05) is 12.1 Å². The van der Waals surface area contributed by atoms with Crippen LogP contribution in [0.15, 0.2) is 24.3 Å². The topological polar surface area (TPSA) is 33.0 Å². The molecule has 1 rings (SSSR count). The molecule has 0 aliphatic rings. The molecule has 0 aromatic heterocycles. The summed E-state index contributed by atoms with van der Waals surface area (Å²) in [4.78, 5) is 0. The standard InChI is InChI=1S/C10H10BrNO/c11-5-6-13-8-10-3-1-9(7-12)2-4-10/h1-4H,5-6,8H2. The first kappa shape index (κ1) is 10.2. The Labute approximate surface area is 86.3 Å². The Balaban J connectivity index is 2.46. The van der Waals surface area contributed by atoms with Gasteiger partial charge in [-0.05, 0) is 17.7 Å². The molecule has 68 valence electrons. The minimum atomic E-state index is 0.608. The van der Waals surface area contributed by atoms with Crippen LogP contribution in [0.25, 0.3) is 0 Å². The maximum absolute atomic E-state index is 8.56. The van der Waals surface area contributed by atoms with E-state index in [2.05, 4.69) is 22.0 Å². The van der Waals surface area contributed by atoms with Gasteiger partial charge in [0.05, 0.1) is 24.8 Å². The zero-order valence-corrected chi connectivity index (χ0v) is 8.75. The van der Waals surface area contributed by atoms with E-state index in [-0.39, 0.29) is 0 Å². The van der Waals surface area contributed by atoms with E-state index in [0.29, 0.717) is 18.8 Å². The second-order valence-corrected chi connectivity index (χ2v) is 3.34. The van der Waals surface area contributed by atoms with Gasteiger partial charge in [-0.3, -0.25) is 0 Å². The maximum atomic E-state index is 8.56. The molecular weight excluding hydrogens is 230 g/mol. The van der Waals surface area contributed by atoms with Gasteiger partial charge < -0.3 is 4.74 Å². The molecule has 1 aromatic rings. The van der Waals surface area contributed by atoms with Crippen molar-refractivity contribution in [3.8, 4) is 6.07 Å². The summed E-state index contributed by atoms with van der Waals surface area (Å²) < 4.78 is 5.31. The molecule has 1 aromatic carbocycles. The second kappa shape index (κ2) is 5.74. The Morgan fingerprint density at radius 3 is 2.54 bits per heavy atom. The molecule has 3 heteroatoms. The Hall–Kier alpha value is -0.850. The molecule has 0 N–H and O–H groups in total. The average Bonchev–Trinajstić information content (AvgIpc) is 2.19. The van der Waals surface area contributed by atoms with Crippen molar-refractivity contribution in [1.29, 1.82) is 5.26 Å². The van der Waals surface area contributed by atoms with Gasteiger partial charge in [0.25, 0.3) is 0 Å². The Kier molecular flexibility index (Phi) is 4.52. The smallest absolute Gasteiger partial charge is 0.0991 e. The van der Waals surface area contributed by atoms with E-state index in [4.69, 9.17) is 10.00 Å². The van der Waals surface area contributed by atoms with Crippen LogP contribution in [0, 0.1) is 11.3 Å². The number of rotatable bonds is 4. The molecule has 0 aliphatic carbocycles. The fourth-order valence-corrected chi connectivity index (χ4v) is 1.15. The third-order valence-electron chi connectivity index (χ3n) is 1.57. The van der Waals surface area contributed by atoms with E-state index in [9.17, 15) is 0 Å². The van der Waals surface area contributed by atoms with Crippen molar-refractivity contribution in [2.24, 2.45) is 0 Å². The highest BCUT2D eigenvalue weighted by Gasteiger charge is 1.93. The van der Waals surface area contributed by atoms with Gasteiger partial charge in [0.15, 0.2) is 0 Å². The fraction of sp³-hybridized carbons (Fsp3) is 0.300. The molecule has 0 amide bonds. The lowest BCUT2D eigenvalue weighted by Crippen LogP contribution is -1.95. The molecule has 0 heterocycles. The first-order valence-electron chi connectivity index (χ1n) is 3.99. The summed E-state index contributed by atoms with van der Waals surface area (Å²) in [7, 11) is 0. The van der Waals surface area contributed by atoms with Gasteiger partial charge in [0, 0.05) is 5.33 Å². The van der Waals surface area contributed by atoms with Crippen LogP contribution in [0.3, 0.4) is 0 Å². The van der Waals surface area contributed by atoms with Crippen LogP contribution < -0.4 is 0 Å². The zero-order chi connectivity index (χ0) is 9.52. The van der Waals surface area contributed by atoms with Crippen molar-refractivity contribution >= 4 is 15.9 Å². The number of hydrogen-bond acceptors (Lipinski definition) is 2. The van der Waals surface area contributed by atoms with Gasteiger partial charge in [-0.25, -0.2) is 0 Å². The van der Waals surface area contributed by atoms with Crippen molar-refractivity contribution in [2.75, 3.05) is 11.9 Å². The van der Waals surface area contributed by atoms with Gasteiger partial charge in [-0.15, -0.1) is 0 Å². The van der Waals surface area contributed by atoms with E-state index in [1.165, 1.54) is 0 Å². The summed E-state index contributed by atoms with van der Waals surface area (Å²) in [6.45, 7) is 1.32. The molecule has 0 spiro atoms. The monoisotopic (exact) mass is 239 g/mol.